The molecule has 0 saturated heterocycles. The van der Waals surface area contributed by atoms with Gasteiger partial charge in [-0.3, -0.25) is 0 Å². The summed E-state index contributed by atoms with van der Waals surface area (Å²) in [6.07, 6.45) is 0. The third-order valence-electron chi connectivity index (χ3n) is 5.13. The van der Waals surface area contributed by atoms with Crippen LogP contribution in [-0.4, -0.2) is 10.2 Å². The Labute approximate surface area is 174 Å². The predicted molar refractivity (Wildman–Crippen MR) is 120 cm³/mol. The Bertz CT molecular complexity index is 849. The molecule has 29 heavy (non-hydrogen) atoms. The van der Waals surface area contributed by atoms with Gasteiger partial charge in [-0.15, -0.1) is 0 Å². The number of rotatable bonds is 7. The van der Waals surface area contributed by atoms with Crippen LogP contribution in [0.3, 0.4) is 0 Å². The van der Waals surface area contributed by atoms with Crippen LogP contribution >= 0.6 is 0 Å². The third kappa shape index (κ3) is 5.69. The zero-order valence-corrected chi connectivity index (χ0v) is 17.8. The van der Waals surface area contributed by atoms with E-state index in [4.69, 9.17) is 0 Å². The second-order valence-electron chi connectivity index (χ2n) is 8.71. The molecule has 0 bridgehead atoms. The second kappa shape index (κ2) is 8.40. The first-order valence-electron chi connectivity index (χ1n) is 10.1. The molecular formula is C26H31NO2. The molecule has 0 aliphatic heterocycles. The number of anilines is 1. The van der Waals surface area contributed by atoms with Gasteiger partial charge in [0.05, 0.1) is 11.2 Å². The second-order valence-corrected chi connectivity index (χ2v) is 8.71. The topological polar surface area (TPSA) is 43.7 Å². The molecule has 3 aromatic rings. The van der Waals surface area contributed by atoms with Gasteiger partial charge in [0.1, 0.15) is 0 Å². The molecule has 152 valence electrons. The lowest BCUT2D eigenvalue weighted by Gasteiger charge is -2.30. The normalized spacial score (nSPS) is 12.1. The molecule has 0 amide bonds. The van der Waals surface area contributed by atoms with Crippen LogP contribution in [-0.2, 0) is 24.3 Å². The highest BCUT2D eigenvalue weighted by atomic mass is 16.3. The van der Waals surface area contributed by atoms with E-state index in [0.717, 1.165) is 29.9 Å². The smallest absolute Gasteiger partial charge is 0.0841 e. The Morgan fingerprint density at radius 2 is 1.00 bits per heavy atom. The summed E-state index contributed by atoms with van der Waals surface area (Å²) in [6.45, 7) is 8.57. The van der Waals surface area contributed by atoms with Crippen LogP contribution in [0.4, 0.5) is 5.69 Å². The Balaban J connectivity index is 2.08. The first kappa shape index (κ1) is 21.1. The lowest BCUT2D eigenvalue weighted by Crippen LogP contribution is -2.25. The minimum atomic E-state index is -0.999. The van der Waals surface area contributed by atoms with Crippen molar-refractivity contribution >= 4 is 5.69 Å². The van der Waals surface area contributed by atoms with Crippen LogP contribution in [0.5, 0.6) is 0 Å². The van der Waals surface area contributed by atoms with Gasteiger partial charge in [-0.05, 0) is 68.1 Å². The molecule has 2 N–H and O–H groups in total. The molecule has 0 radical (unpaired) electrons. The van der Waals surface area contributed by atoms with E-state index in [1.807, 2.05) is 54.6 Å². The van der Waals surface area contributed by atoms with Crippen molar-refractivity contribution in [3.63, 3.8) is 0 Å². The van der Waals surface area contributed by atoms with Crippen LogP contribution in [0.15, 0.2) is 78.9 Å². The molecular weight excluding hydrogens is 358 g/mol. The third-order valence-corrected chi connectivity index (χ3v) is 5.13. The van der Waals surface area contributed by atoms with Crippen molar-refractivity contribution in [3.8, 4) is 0 Å². The minimum absolute atomic E-state index is 0.732. The van der Waals surface area contributed by atoms with Crippen molar-refractivity contribution in [1.29, 1.82) is 0 Å². The zero-order valence-electron chi connectivity index (χ0n) is 17.8. The summed E-state index contributed by atoms with van der Waals surface area (Å²) in [6, 6.07) is 26.7. The van der Waals surface area contributed by atoms with E-state index < -0.39 is 11.2 Å². The van der Waals surface area contributed by atoms with Gasteiger partial charge >= 0.3 is 0 Å². The van der Waals surface area contributed by atoms with Gasteiger partial charge in [-0.1, -0.05) is 60.7 Å². The summed E-state index contributed by atoms with van der Waals surface area (Å²) in [5.74, 6) is 0. The van der Waals surface area contributed by atoms with E-state index in [-0.39, 0.29) is 0 Å². The molecule has 0 fully saturated rings. The number of benzene rings is 3. The quantitative estimate of drug-likeness (QED) is 0.573. The van der Waals surface area contributed by atoms with Gasteiger partial charge < -0.3 is 15.1 Å². The van der Waals surface area contributed by atoms with E-state index >= 15 is 0 Å². The Morgan fingerprint density at radius 3 is 1.34 bits per heavy atom. The lowest BCUT2D eigenvalue weighted by molar-refractivity contribution is 0.0718. The van der Waals surface area contributed by atoms with Crippen molar-refractivity contribution < 1.29 is 10.2 Å². The van der Waals surface area contributed by atoms with Crippen LogP contribution < -0.4 is 4.90 Å². The SMILES string of the molecule is CC(C)(O)c1cc(N(Cc2ccccc2)Cc2ccccc2)cc(C(C)(C)O)c1. The lowest BCUT2D eigenvalue weighted by atomic mass is 9.90. The van der Waals surface area contributed by atoms with Gasteiger partial charge in [-0.2, -0.15) is 0 Å². The highest BCUT2D eigenvalue weighted by Gasteiger charge is 2.24. The van der Waals surface area contributed by atoms with Gasteiger partial charge in [0, 0.05) is 18.8 Å². The zero-order chi connectivity index (χ0) is 21.1. The van der Waals surface area contributed by atoms with Gasteiger partial charge in [0.2, 0.25) is 0 Å². The van der Waals surface area contributed by atoms with Crippen molar-refractivity contribution in [2.45, 2.75) is 52.0 Å². The van der Waals surface area contributed by atoms with Crippen LogP contribution in [0, 0.1) is 0 Å². The summed E-state index contributed by atoms with van der Waals surface area (Å²) in [7, 11) is 0. The van der Waals surface area contributed by atoms with Crippen molar-refractivity contribution in [3.05, 3.63) is 101 Å². The highest BCUT2D eigenvalue weighted by molar-refractivity contribution is 5.54. The molecule has 3 nitrogen and oxygen atoms in total. The minimum Gasteiger partial charge on any atom is -0.386 e. The van der Waals surface area contributed by atoms with E-state index in [9.17, 15) is 10.2 Å². The van der Waals surface area contributed by atoms with E-state index in [1.165, 1.54) is 11.1 Å². The molecule has 0 atom stereocenters. The fourth-order valence-electron chi connectivity index (χ4n) is 3.35. The Morgan fingerprint density at radius 1 is 0.621 bits per heavy atom. The van der Waals surface area contributed by atoms with Crippen LogP contribution in [0.1, 0.15) is 49.9 Å². The molecule has 3 aromatic carbocycles. The number of hydrogen-bond donors (Lipinski definition) is 2. The molecule has 0 aliphatic rings. The number of aliphatic hydroxyl groups is 2. The number of hydrogen-bond acceptors (Lipinski definition) is 3. The van der Waals surface area contributed by atoms with Crippen LogP contribution in [0.2, 0.25) is 0 Å². The van der Waals surface area contributed by atoms with E-state index in [2.05, 4.69) is 29.2 Å². The maximum Gasteiger partial charge on any atom is 0.0841 e. The maximum atomic E-state index is 10.7. The predicted octanol–water partition coefficient (Wildman–Crippen LogP) is 5.35. The number of nitrogens with zero attached hydrogens (tertiary/aromatic N) is 1. The fourth-order valence-corrected chi connectivity index (χ4v) is 3.35. The summed E-state index contributed by atoms with van der Waals surface area (Å²) >= 11 is 0. The Hall–Kier alpha value is -2.62. The summed E-state index contributed by atoms with van der Waals surface area (Å²) in [5, 5.41) is 21.3. The molecule has 0 saturated carbocycles. The monoisotopic (exact) mass is 389 g/mol. The standard InChI is InChI=1S/C26H31NO2/c1-25(2,28)22-15-23(26(3,4)29)17-24(16-22)27(18-20-11-7-5-8-12-20)19-21-13-9-6-10-14-21/h5-17,28-29H,18-19H2,1-4H3. The Kier molecular flexibility index (Phi) is 6.11. The average Bonchev–Trinajstić information content (AvgIpc) is 2.67. The van der Waals surface area contributed by atoms with Crippen molar-refractivity contribution in [1.82, 2.24) is 0 Å². The summed E-state index contributed by atoms with van der Waals surface area (Å²) in [5.41, 5.74) is 2.98. The molecule has 0 heterocycles. The largest absolute Gasteiger partial charge is 0.386 e. The van der Waals surface area contributed by atoms with Gasteiger partial charge in [-0.25, -0.2) is 0 Å². The van der Waals surface area contributed by atoms with E-state index in [0.29, 0.717) is 0 Å². The first-order valence-corrected chi connectivity index (χ1v) is 10.1. The molecule has 0 spiro atoms. The highest BCUT2D eigenvalue weighted by Crippen LogP contribution is 2.32. The molecule has 3 rings (SSSR count). The molecule has 3 heteroatoms. The maximum absolute atomic E-state index is 10.7. The average molecular weight is 390 g/mol. The molecule has 0 aromatic heterocycles. The van der Waals surface area contributed by atoms with E-state index in [1.54, 1.807) is 27.7 Å². The first-order chi connectivity index (χ1) is 13.6. The molecule has 0 unspecified atom stereocenters. The van der Waals surface area contributed by atoms with Crippen molar-refractivity contribution in [2.24, 2.45) is 0 Å². The van der Waals surface area contributed by atoms with Crippen LogP contribution in [0.25, 0.3) is 0 Å². The van der Waals surface area contributed by atoms with Crippen molar-refractivity contribution in [2.75, 3.05) is 4.90 Å². The van der Waals surface area contributed by atoms with Gasteiger partial charge in [0.15, 0.2) is 0 Å². The molecule has 0 aliphatic carbocycles. The summed E-state index contributed by atoms with van der Waals surface area (Å²) in [4.78, 5) is 2.29. The summed E-state index contributed by atoms with van der Waals surface area (Å²) < 4.78 is 0. The fraction of sp³-hybridized carbons (Fsp3) is 0.308. The van der Waals surface area contributed by atoms with Gasteiger partial charge in [0.25, 0.3) is 0 Å².